The fourth-order valence-electron chi connectivity index (χ4n) is 2.47. The molecule has 0 aliphatic heterocycles. The van der Waals surface area contributed by atoms with E-state index < -0.39 is 0 Å². The lowest BCUT2D eigenvalue weighted by molar-refractivity contribution is 0.297. The van der Waals surface area contributed by atoms with E-state index in [1.165, 1.54) is 4.68 Å². The molecule has 2 N–H and O–H groups in total. The Morgan fingerprint density at radius 2 is 2.04 bits per heavy atom. The van der Waals surface area contributed by atoms with Crippen molar-refractivity contribution in [3.05, 3.63) is 69.5 Å². The molecule has 0 radical (unpaired) electrons. The number of aryl methyl sites for hydroxylation is 1. The van der Waals surface area contributed by atoms with Crippen LogP contribution in [0.1, 0.15) is 16.8 Å². The fraction of sp³-hybridized carbons (Fsp3) is 0.158. The molecule has 27 heavy (non-hydrogen) atoms. The first-order chi connectivity index (χ1) is 13.0. The Bertz CT molecular complexity index is 986. The maximum absolute atomic E-state index is 6.17. The molecular weight excluding hydrogens is 387 g/mol. The Hall–Kier alpha value is -2.70. The molecule has 1 heterocycles. The van der Waals surface area contributed by atoms with Crippen LogP contribution >= 0.6 is 23.2 Å². The molecule has 2 aromatic carbocycles. The summed E-state index contributed by atoms with van der Waals surface area (Å²) in [5.74, 6) is 1.53. The first-order valence-corrected chi connectivity index (χ1v) is 8.83. The van der Waals surface area contributed by atoms with Crippen LogP contribution in [0, 0.1) is 6.92 Å². The maximum atomic E-state index is 6.17. The number of hydrogen-bond donors (Lipinski definition) is 1. The third-order valence-corrected chi connectivity index (χ3v) is 4.57. The number of imidazole rings is 1. The summed E-state index contributed by atoms with van der Waals surface area (Å²) in [6.07, 6.45) is 3.44. The van der Waals surface area contributed by atoms with E-state index in [4.69, 9.17) is 38.4 Å². The van der Waals surface area contributed by atoms with Gasteiger partial charge in [-0.25, -0.2) is 9.66 Å². The fourth-order valence-corrected chi connectivity index (χ4v) is 2.81. The predicted molar refractivity (Wildman–Crippen MR) is 108 cm³/mol. The third-order valence-electron chi connectivity index (χ3n) is 3.77. The summed E-state index contributed by atoms with van der Waals surface area (Å²) >= 11 is 12.2. The molecule has 0 saturated heterocycles. The molecule has 0 atom stereocenters. The minimum atomic E-state index is 0.261. The van der Waals surface area contributed by atoms with E-state index in [0.29, 0.717) is 27.5 Å². The van der Waals surface area contributed by atoms with E-state index in [2.05, 4.69) is 10.1 Å². The molecule has 0 spiro atoms. The molecule has 0 saturated carbocycles. The Labute approximate surface area is 167 Å². The highest BCUT2D eigenvalue weighted by Crippen LogP contribution is 2.32. The van der Waals surface area contributed by atoms with Crippen molar-refractivity contribution in [1.82, 2.24) is 9.66 Å². The number of rotatable bonds is 6. The lowest BCUT2D eigenvalue weighted by atomic mass is 10.1. The molecule has 3 aromatic rings. The van der Waals surface area contributed by atoms with E-state index in [-0.39, 0.29) is 6.61 Å². The molecule has 6 nitrogen and oxygen atoms in total. The van der Waals surface area contributed by atoms with Crippen LogP contribution in [0.25, 0.3) is 0 Å². The number of anilines is 1. The SMILES string of the molecule is COc1ccc(C=Nn2cc(C)nc2N)cc1COc1cccc(Cl)c1Cl. The lowest BCUT2D eigenvalue weighted by Gasteiger charge is -2.12. The van der Waals surface area contributed by atoms with Crippen molar-refractivity contribution >= 4 is 35.4 Å². The van der Waals surface area contributed by atoms with Crippen LogP contribution in [0.4, 0.5) is 5.95 Å². The second-order valence-electron chi connectivity index (χ2n) is 5.74. The van der Waals surface area contributed by atoms with Gasteiger partial charge in [0.2, 0.25) is 5.95 Å². The summed E-state index contributed by atoms with van der Waals surface area (Å²) in [4.78, 5) is 4.11. The zero-order valence-electron chi connectivity index (χ0n) is 14.8. The molecule has 0 bridgehead atoms. The molecule has 0 aliphatic carbocycles. The van der Waals surface area contributed by atoms with Crippen LogP contribution in [0.3, 0.4) is 0 Å². The largest absolute Gasteiger partial charge is 0.496 e. The van der Waals surface area contributed by atoms with Crippen molar-refractivity contribution < 1.29 is 9.47 Å². The summed E-state index contributed by atoms with van der Waals surface area (Å²) in [5.41, 5.74) is 8.29. The van der Waals surface area contributed by atoms with Crippen LogP contribution in [0.15, 0.2) is 47.7 Å². The number of benzene rings is 2. The Kier molecular flexibility index (Phi) is 5.88. The van der Waals surface area contributed by atoms with E-state index >= 15 is 0 Å². The predicted octanol–water partition coefficient (Wildman–Crippen LogP) is 4.55. The van der Waals surface area contributed by atoms with E-state index in [9.17, 15) is 0 Å². The molecule has 140 valence electrons. The van der Waals surface area contributed by atoms with Crippen LogP contribution in [-0.4, -0.2) is 23.0 Å². The van der Waals surface area contributed by atoms with Gasteiger partial charge in [-0.3, -0.25) is 0 Å². The van der Waals surface area contributed by atoms with Crippen molar-refractivity contribution in [2.75, 3.05) is 12.8 Å². The average Bonchev–Trinajstić information content (AvgIpc) is 2.98. The van der Waals surface area contributed by atoms with Gasteiger partial charge in [0.15, 0.2) is 0 Å². The average molecular weight is 405 g/mol. The number of halogens is 2. The minimum absolute atomic E-state index is 0.261. The number of nitrogens with zero attached hydrogens (tertiary/aromatic N) is 3. The van der Waals surface area contributed by atoms with Gasteiger partial charge in [-0.15, -0.1) is 0 Å². The topological polar surface area (TPSA) is 74.7 Å². The van der Waals surface area contributed by atoms with Crippen LogP contribution in [0.5, 0.6) is 11.5 Å². The lowest BCUT2D eigenvalue weighted by Crippen LogP contribution is -2.01. The number of ether oxygens (including phenoxy) is 2. The number of hydrogen-bond acceptors (Lipinski definition) is 5. The zero-order chi connectivity index (χ0) is 19.4. The van der Waals surface area contributed by atoms with Gasteiger partial charge in [0.05, 0.1) is 30.2 Å². The first-order valence-electron chi connectivity index (χ1n) is 8.07. The highest BCUT2D eigenvalue weighted by atomic mass is 35.5. The standard InChI is InChI=1S/C19H18Cl2N4O2/c1-12-10-25(19(22)24-12)23-9-13-6-7-16(26-2)14(8-13)11-27-17-5-3-4-15(20)18(17)21/h3-10H,11H2,1-2H3,(H2,22,24). The highest BCUT2D eigenvalue weighted by Gasteiger charge is 2.09. The summed E-state index contributed by atoms with van der Waals surface area (Å²) < 4.78 is 12.7. The van der Waals surface area contributed by atoms with Crippen LogP contribution < -0.4 is 15.2 Å². The van der Waals surface area contributed by atoms with E-state index in [1.807, 2.05) is 25.1 Å². The van der Waals surface area contributed by atoms with Crippen molar-refractivity contribution in [2.24, 2.45) is 5.10 Å². The zero-order valence-corrected chi connectivity index (χ0v) is 16.3. The number of nitrogens with two attached hydrogens (primary N) is 1. The van der Waals surface area contributed by atoms with Gasteiger partial charge in [-0.05, 0) is 42.8 Å². The Morgan fingerprint density at radius 3 is 2.74 bits per heavy atom. The van der Waals surface area contributed by atoms with E-state index in [0.717, 1.165) is 16.8 Å². The molecule has 0 fully saturated rings. The molecular formula is C19H18Cl2N4O2. The summed E-state index contributed by atoms with van der Waals surface area (Å²) in [5, 5.41) is 5.14. The molecule has 0 amide bonds. The van der Waals surface area contributed by atoms with Gasteiger partial charge in [-0.1, -0.05) is 29.3 Å². The molecule has 8 heteroatoms. The van der Waals surface area contributed by atoms with Gasteiger partial charge in [0.25, 0.3) is 0 Å². The third kappa shape index (κ3) is 4.53. The van der Waals surface area contributed by atoms with Crippen molar-refractivity contribution in [1.29, 1.82) is 0 Å². The number of aromatic nitrogens is 2. The smallest absolute Gasteiger partial charge is 0.221 e. The van der Waals surface area contributed by atoms with E-state index in [1.54, 1.807) is 37.7 Å². The van der Waals surface area contributed by atoms with Gasteiger partial charge in [0.1, 0.15) is 23.1 Å². The van der Waals surface area contributed by atoms with Crippen LogP contribution in [-0.2, 0) is 6.61 Å². The molecule has 1 aromatic heterocycles. The second-order valence-corrected chi connectivity index (χ2v) is 6.53. The minimum Gasteiger partial charge on any atom is -0.496 e. The normalized spacial score (nSPS) is 11.1. The summed E-state index contributed by atoms with van der Waals surface area (Å²) in [6, 6.07) is 10.9. The van der Waals surface area contributed by atoms with Crippen molar-refractivity contribution in [3.8, 4) is 11.5 Å². The number of methoxy groups -OCH3 is 1. The quantitative estimate of drug-likeness (QED) is 0.611. The Balaban J connectivity index is 1.81. The highest BCUT2D eigenvalue weighted by molar-refractivity contribution is 6.42. The van der Waals surface area contributed by atoms with Gasteiger partial charge < -0.3 is 15.2 Å². The van der Waals surface area contributed by atoms with Gasteiger partial charge in [-0.2, -0.15) is 5.10 Å². The number of nitrogen functional groups attached to an aromatic ring is 1. The van der Waals surface area contributed by atoms with Gasteiger partial charge in [0, 0.05) is 5.56 Å². The van der Waals surface area contributed by atoms with Gasteiger partial charge >= 0.3 is 0 Å². The van der Waals surface area contributed by atoms with Crippen LogP contribution in [0.2, 0.25) is 10.0 Å². The molecule has 3 rings (SSSR count). The maximum Gasteiger partial charge on any atom is 0.221 e. The van der Waals surface area contributed by atoms with Crippen molar-refractivity contribution in [2.45, 2.75) is 13.5 Å². The monoisotopic (exact) mass is 404 g/mol. The molecule has 0 unspecified atom stereocenters. The van der Waals surface area contributed by atoms with Crippen molar-refractivity contribution in [3.63, 3.8) is 0 Å². The second kappa shape index (κ2) is 8.33. The summed E-state index contributed by atoms with van der Waals surface area (Å²) in [6.45, 7) is 2.11. The Morgan fingerprint density at radius 1 is 1.22 bits per heavy atom. The first kappa shape index (κ1) is 19.1. The summed E-state index contributed by atoms with van der Waals surface area (Å²) in [7, 11) is 1.61. The molecule has 0 aliphatic rings.